The molecule has 3 aliphatic heterocycles. The molecule has 3 aliphatic rings. The van der Waals surface area contributed by atoms with E-state index in [-0.39, 0.29) is 12.3 Å². The topological polar surface area (TPSA) is 307 Å². The van der Waals surface area contributed by atoms with Gasteiger partial charge in [-0.05, 0) is 70.6 Å². The first kappa shape index (κ1) is 71.2. The second-order valence-corrected chi connectivity index (χ2v) is 21.1. The van der Waals surface area contributed by atoms with Gasteiger partial charge < -0.3 is 89.9 Å². The number of amides is 1. The van der Waals surface area contributed by atoms with Crippen LogP contribution in [0, 0.1) is 0 Å². The van der Waals surface area contributed by atoms with E-state index in [1.165, 1.54) is 77.0 Å². The summed E-state index contributed by atoms with van der Waals surface area (Å²) in [5.74, 6) is -0.373. The van der Waals surface area contributed by atoms with Gasteiger partial charge in [0.05, 0.1) is 38.6 Å². The van der Waals surface area contributed by atoms with Crippen LogP contribution in [0.4, 0.5) is 0 Å². The molecule has 460 valence electrons. The minimum atomic E-state index is -1.99. The van der Waals surface area contributed by atoms with Gasteiger partial charge in [0.2, 0.25) is 5.91 Å². The molecule has 0 aromatic carbocycles. The van der Waals surface area contributed by atoms with Crippen LogP contribution in [0.2, 0.25) is 0 Å². The number of aliphatic hydroxyl groups excluding tert-OH is 11. The molecule has 0 spiro atoms. The van der Waals surface area contributed by atoms with Gasteiger partial charge in [-0.15, -0.1) is 0 Å². The summed E-state index contributed by atoms with van der Waals surface area (Å²) in [4.78, 5) is 13.2. The predicted octanol–water partition coefficient (Wildman–Crippen LogP) is 5.20. The van der Waals surface area contributed by atoms with Gasteiger partial charge in [-0.3, -0.25) is 4.79 Å². The fourth-order valence-electron chi connectivity index (χ4n) is 9.53. The Kier molecular flexibility index (Phi) is 38.8. The maximum atomic E-state index is 13.2. The number of carbonyl (C=O) groups is 1. The van der Waals surface area contributed by atoms with Crippen molar-refractivity contribution in [2.75, 3.05) is 26.4 Å². The Morgan fingerprint density at radius 2 is 0.875 bits per heavy atom. The molecule has 1 amide bonds. The number of hydrogen-bond donors (Lipinski definition) is 12. The highest BCUT2D eigenvalue weighted by Crippen LogP contribution is 2.33. The van der Waals surface area contributed by atoms with Crippen LogP contribution in [0.1, 0.15) is 162 Å². The fraction of sp³-hybridized carbons (Fsp3) is 0.754. The lowest BCUT2D eigenvalue weighted by Gasteiger charge is -2.48. The zero-order valence-corrected chi connectivity index (χ0v) is 47.8. The smallest absolute Gasteiger partial charge is 0.220 e. The minimum Gasteiger partial charge on any atom is -0.394 e. The van der Waals surface area contributed by atoms with E-state index in [0.29, 0.717) is 19.3 Å². The highest BCUT2D eigenvalue weighted by Gasteiger charge is 2.53. The average Bonchev–Trinajstić information content (AvgIpc) is 3.46. The zero-order valence-electron chi connectivity index (χ0n) is 47.8. The number of ether oxygens (including phenoxy) is 6. The molecule has 19 heteroatoms. The van der Waals surface area contributed by atoms with E-state index in [1.807, 2.05) is 18.2 Å². The van der Waals surface area contributed by atoms with Gasteiger partial charge in [0.15, 0.2) is 18.9 Å². The molecule has 3 fully saturated rings. The molecule has 12 N–H and O–H groups in total. The Hall–Kier alpha value is -3.03. The van der Waals surface area contributed by atoms with Gasteiger partial charge in [0.1, 0.15) is 73.2 Å². The number of nitrogens with one attached hydrogen (secondary N) is 1. The first-order chi connectivity index (χ1) is 38.8. The SMILES string of the molecule is CC/C=C\C/C=C\C/C=C\C/C=C\CCC(=O)NC(COC1OC(CO)C(OC2OC(CO)C(OC3OC(CO)C(O)C(O)C3O)C(O)C2O)C(O)C1O)C(O)/C=C/CC/C=C/CC/C=C/CCCCCCCCCCCCCC. The molecule has 17 atom stereocenters. The van der Waals surface area contributed by atoms with Crippen molar-refractivity contribution in [2.45, 2.75) is 266 Å². The Labute approximate surface area is 476 Å². The van der Waals surface area contributed by atoms with Gasteiger partial charge in [0.25, 0.3) is 0 Å². The summed E-state index contributed by atoms with van der Waals surface area (Å²) >= 11 is 0. The largest absolute Gasteiger partial charge is 0.394 e. The molecule has 19 nitrogen and oxygen atoms in total. The van der Waals surface area contributed by atoms with Crippen LogP contribution in [-0.4, -0.2) is 193 Å². The van der Waals surface area contributed by atoms with Gasteiger partial charge in [-0.2, -0.15) is 0 Å². The first-order valence-electron chi connectivity index (χ1n) is 29.8. The lowest BCUT2D eigenvalue weighted by molar-refractivity contribution is -0.379. The number of aliphatic hydroxyl groups is 11. The van der Waals surface area contributed by atoms with E-state index in [9.17, 15) is 61.0 Å². The minimum absolute atomic E-state index is 0.106. The van der Waals surface area contributed by atoms with Gasteiger partial charge in [0, 0.05) is 6.42 Å². The third-order valence-corrected chi connectivity index (χ3v) is 14.4. The van der Waals surface area contributed by atoms with Crippen molar-refractivity contribution in [1.29, 1.82) is 0 Å². The van der Waals surface area contributed by atoms with Gasteiger partial charge in [-0.25, -0.2) is 0 Å². The molecule has 3 saturated heterocycles. The molecule has 0 aromatic heterocycles. The molecular formula is C61H103NO18. The van der Waals surface area contributed by atoms with Crippen LogP contribution in [0.3, 0.4) is 0 Å². The van der Waals surface area contributed by atoms with E-state index >= 15 is 0 Å². The monoisotopic (exact) mass is 1140 g/mol. The van der Waals surface area contributed by atoms with Crippen LogP contribution in [0.5, 0.6) is 0 Å². The standard InChI is InChI=1S/C61H103NO18/c1-3-5-7-9-11-13-15-17-18-19-20-21-22-23-24-25-27-28-30-32-34-36-38-45(66)44(62-49(67)39-37-35-33-31-29-26-16-14-12-10-8-6-4-2)43-75-59-55(73)52(70)57(47(41-64)77-59)80-61-56(74)53(71)58(48(42-65)78-61)79-60-54(72)51(69)50(68)46(40-63)76-60/h6,8,12,14,23-24,26,28-30,33,35-36,38,44-48,50-61,63-66,68-74H,3-5,7,9-11,13,15-22,25,27,31-32,34,37,39-43H2,1-2H3,(H,62,67)/b8-6-,14-12-,24-23+,29-26-,30-28+,35-33-,38-36+. The molecule has 3 heterocycles. The van der Waals surface area contributed by atoms with Crippen molar-refractivity contribution in [2.24, 2.45) is 0 Å². The van der Waals surface area contributed by atoms with E-state index in [1.54, 1.807) is 6.08 Å². The number of carbonyl (C=O) groups excluding carboxylic acids is 1. The Balaban J connectivity index is 1.53. The number of hydrogen-bond acceptors (Lipinski definition) is 18. The quantitative estimate of drug-likeness (QED) is 0.0276. The maximum Gasteiger partial charge on any atom is 0.220 e. The van der Waals surface area contributed by atoms with Crippen LogP contribution < -0.4 is 5.32 Å². The molecule has 0 aromatic rings. The molecule has 0 radical (unpaired) electrons. The zero-order chi connectivity index (χ0) is 58.3. The molecule has 3 rings (SSSR count). The van der Waals surface area contributed by atoms with Crippen molar-refractivity contribution < 1.29 is 89.4 Å². The van der Waals surface area contributed by atoms with Crippen LogP contribution in [0.25, 0.3) is 0 Å². The van der Waals surface area contributed by atoms with Crippen LogP contribution in [0.15, 0.2) is 85.1 Å². The highest BCUT2D eigenvalue weighted by atomic mass is 16.8. The summed E-state index contributed by atoms with van der Waals surface area (Å²) < 4.78 is 34.1. The maximum absolute atomic E-state index is 13.2. The summed E-state index contributed by atoms with van der Waals surface area (Å²) in [7, 11) is 0. The van der Waals surface area contributed by atoms with Crippen LogP contribution in [-0.2, 0) is 33.2 Å². The highest BCUT2D eigenvalue weighted by molar-refractivity contribution is 5.76. The fourth-order valence-corrected chi connectivity index (χ4v) is 9.53. The van der Waals surface area contributed by atoms with Crippen molar-refractivity contribution >= 4 is 5.91 Å². The van der Waals surface area contributed by atoms with Crippen molar-refractivity contribution in [3.8, 4) is 0 Å². The third-order valence-electron chi connectivity index (χ3n) is 14.4. The summed E-state index contributed by atoms with van der Waals surface area (Å²) in [6.07, 6.45) is 26.0. The van der Waals surface area contributed by atoms with Crippen molar-refractivity contribution in [3.63, 3.8) is 0 Å². The van der Waals surface area contributed by atoms with E-state index in [0.717, 1.165) is 44.9 Å². The lowest BCUT2D eigenvalue weighted by Crippen LogP contribution is -2.66. The van der Waals surface area contributed by atoms with Gasteiger partial charge >= 0.3 is 0 Å². The molecule has 80 heavy (non-hydrogen) atoms. The third kappa shape index (κ3) is 27.1. The number of rotatable bonds is 42. The van der Waals surface area contributed by atoms with E-state index in [2.05, 4.69) is 79.9 Å². The normalized spacial score (nSPS) is 30.6. The average molecular weight is 1140 g/mol. The summed E-state index contributed by atoms with van der Waals surface area (Å²) in [5.41, 5.74) is 0. The van der Waals surface area contributed by atoms with E-state index in [4.69, 9.17) is 28.4 Å². The van der Waals surface area contributed by atoms with Crippen molar-refractivity contribution in [3.05, 3.63) is 85.1 Å². The molecule has 0 aliphatic carbocycles. The Morgan fingerprint density at radius 1 is 0.463 bits per heavy atom. The Morgan fingerprint density at radius 3 is 1.39 bits per heavy atom. The predicted molar refractivity (Wildman–Crippen MR) is 304 cm³/mol. The van der Waals surface area contributed by atoms with Crippen LogP contribution >= 0.6 is 0 Å². The molecule has 0 bridgehead atoms. The second kappa shape index (κ2) is 43.6. The lowest BCUT2D eigenvalue weighted by atomic mass is 9.96. The summed E-state index contributed by atoms with van der Waals surface area (Å²) in [6.45, 7) is 1.50. The second-order valence-electron chi connectivity index (χ2n) is 21.1. The molecule has 17 unspecified atom stereocenters. The van der Waals surface area contributed by atoms with E-state index < -0.39 is 131 Å². The number of allylic oxidation sites excluding steroid dienone is 13. The Bertz CT molecular complexity index is 1790. The van der Waals surface area contributed by atoms with Crippen molar-refractivity contribution in [1.82, 2.24) is 5.32 Å². The summed E-state index contributed by atoms with van der Waals surface area (Å²) in [6, 6.07) is -1.04. The summed E-state index contributed by atoms with van der Waals surface area (Å²) in [5, 5.41) is 120. The number of unbranched alkanes of at least 4 members (excludes halogenated alkanes) is 14. The molecular weight excluding hydrogens is 1030 g/mol. The van der Waals surface area contributed by atoms with Gasteiger partial charge in [-0.1, -0.05) is 170 Å². The first-order valence-corrected chi connectivity index (χ1v) is 29.8. The molecule has 0 saturated carbocycles.